The van der Waals surface area contributed by atoms with Gasteiger partial charge in [0.05, 0.1) is 6.04 Å². The van der Waals surface area contributed by atoms with Gasteiger partial charge in [0.2, 0.25) is 0 Å². The van der Waals surface area contributed by atoms with Crippen LogP contribution in [0.4, 0.5) is 4.79 Å². The van der Waals surface area contributed by atoms with Crippen LogP contribution in [0.15, 0.2) is 0 Å². The summed E-state index contributed by atoms with van der Waals surface area (Å²) in [4.78, 5) is 23.6. The Bertz CT molecular complexity index is 348. The summed E-state index contributed by atoms with van der Waals surface area (Å²) in [5.74, 6) is -0.429. The number of nitrogens with one attached hydrogen (secondary N) is 2. The Hall–Kier alpha value is -1.30. The lowest BCUT2D eigenvalue weighted by atomic mass is 10.1. The molecule has 0 aliphatic heterocycles. The molecule has 116 valence electrons. The molecule has 0 spiro atoms. The molecule has 1 aliphatic carbocycles. The standard InChI is InChI=1S/C14H26N2O4/c1-5-6-10(16-13(19)20-14(2,3)4)11(17)12(18)15-9-7-8-9/h9-11,17H,5-8H2,1-4H3,(H,15,18)(H,16,19)/t10-,11+/m1/s1. The zero-order valence-electron chi connectivity index (χ0n) is 12.7. The zero-order valence-corrected chi connectivity index (χ0v) is 12.7. The van der Waals surface area contributed by atoms with Crippen LogP contribution in [-0.2, 0) is 9.53 Å². The van der Waals surface area contributed by atoms with E-state index in [2.05, 4.69) is 10.6 Å². The van der Waals surface area contributed by atoms with Crippen LogP contribution in [0.3, 0.4) is 0 Å². The molecule has 0 aromatic rings. The van der Waals surface area contributed by atoms with Crippen LogP contribution in [-0.4, -0.2) is 40.9 Å². The first-order chi connectivity index (χ1) is 9.23. The van der Waals surface area contributed by atoms with Gasteiger partial charge >= 0.3 is 6.09 Å². The van der Waals surface area contributed by atoms with E-state index in [1.54, 1.807) is 20.8 Å². The Morgan fingerprint density at radius 3 is 2.40 bits per heavy atom. The second kappa shape index (κ2) is 6.92. The number of aliphatic hydroxyl groups is 1. The smallest absolute Gasteiger partial charge is 0.407 e. The van der Waals surface area contributed by atoms with Crippen LogP contribution in [0.25, 0.3) is 0 Å². The number of alkyl carbamates (subject to hydrolysis) is 1. The maximum Gasteiger partial charge on any atom is 0.407 e. The van der Waals surface area contributed by atoms with Crippen LogP contribution < -0.4 is 10.6 Å². The normalized spacial score (nSPS) is 18.1. The summed E-state index contributed by atoms with van der Waals surface area (Å²) in [6.07, 6.45) is 1.30. The van der Waals surface area contributed by atoms with Crippen LogP contribution in [0, 0.1) is 0 Å². The summed E-state index contributed by atoms with van der Waals surface area (Å²) in [6.45, 7) is 7.21. The highest BCUT2D eigenvalue weighted by Crippen LogP contribution is 2.19. The second-order valence-corrected chi connectivity index (χ2v) is 6.27. The third-order valence-electron chi connectivity index (χ3n) is 2.88. The number of ether oxygens (including phenoxy) is 1. The van der Waals surface area contributed by atoms with Crippen molar-refractivity contribution in [3.8, 4) is 0 Å². The van der Waals surface area contributed by atoms with E-state index >= 15 is 0 Å². The molecular weight excluding hydrogens is 260 g/mol. The van der Waals surface area contributed by atoms with Gasteiger partial charge in [-0.25, -0.2) is 4.79 Å². The third-order valence-corrected chi connectivity index (χ3v) is 2.88. The molecule has 0 saturated heterocycles. The Morgan fingerprint density at radius 1 is 1.35 bits per heavy atom. The Balaban J connectivity index is 2.52. The van der Waals surface area contributed by atoms with Gasteiger partial charge in [0, 0.05) is 6.04 Å². The topological polar surface area (TPSA) is 87.7 Å². The molecule has 20 heavy (non-hydrogen) atoms. The van der Waals surface area contributed by atoms with Crippen molar-refractivity contribution >= 4 is 12.0 Å². The van der Waals surface area contributed by atoms with Gasteiger partial charge in [-0.05, 0) is 40.0 Å². The number of carbonyl (C=O) groups excluding carboxylic acids is 2. The fraction of sp³-hybridized carbons (Fsp3) is 0.857. The fourth-order valence-electron chi connectivity index (χ4n) is 1.78. The van der Waals surface area contributed by atoms with Crippen LogP contribution in [0.2, 0.25) is 0 Å². The summed E-state index contributed by atoms with van der Waals surface area (Å²) in [7, 11) is 0. The average Bonchev–Trinajstić information content (AvgIpc) is 3.08. The van der Waals surface area contributed by atoms with E-state index < -0.39 is 29.7 Å². The molecular formula is C14H26N2O4. The van der Waals surface area contributed by atoms with E-state index in [9.17, 15) is 14.7 Å². The van der Waals surface area contributed by atoms with Crippen molar-refractivity contribution in [2.75, 3.05) is 0 Å². The summed E-state index contributed by atoms with van der Waals surface area (Å²) >= 11 is 0. The molecule has 3 N–H and O–H groups in total. The molecule has 0 aromatic carbocycles. The molecule has 1 fully saturated rings. The molecule has 0 unspecified atom stereocenters. The first-order valence-corrected chi connectivity index (χ1v) is 7.21. The minimum Gasteiger partial charge on any atom is -0.444 e. The van der Waals surface area contributed by atoms with Gasteiger partial charge in [-0.15, -0.1) is 0 Å². The molecule has 6 heteroatoms. The molecule has 1 aliphatic rings. The highest BCUT2D eigenvalue weighted by Gasteiger charge is 2.32. The van der Waals surface area contributed by atoms with E-state index in [1.165, 1.54) is 0 Å². The van der Waals surface area contributed by atoms with Crippen LogP contribution in [0.5, 0.6) is 0 Å². The summed E-state index contributed by atoms with van der Waals surface area (Å²) in [5.41, 5.74) is -0.609. The Kier molecular flexibility index (Phi) is 5.80. The first-order valence-electron chi connectivity index (χ1n) is 7.21. The predicted octanol–water partition coefficient (Wildman–Crippen LogP) is 1.32. The molecule has 1 saturated carbocycles. The van der Waals surface area contributed by atoms with Crippen molar-refractivity contribution in [2.24, 2.45) is 0 Å². The number of hydrogen-bond acceptors (Lipinski definition) is 4. The van der Waals surface area contributed by atoms with Gasteiger partial charge in [0.15, 0.2) is 6.10 Å². The molecule has 2 amide bonds. The van der Waals surface area contributed by atoms with Gasteiger partial charge in [-0.1, -0.05) is 13.3 Å². The van der Waals surface area contributed by atoms with Crippen LogP contribution in [0.1, 0.15) is 53.4 Å². The quantitative estimate of drug-likeness (QED) is 0.687. The molecule has 0 radical (unpaired) electrons. The summed E-state index contributed by atoms with van der Waals surface area (Å²) in [5, 5.41) is 15.4. The summed E-state index contributed by atoms with van der Waals surface area (Å²) in [6, 6.07) is -0.449. The maximum atomic E-state index is 11.8. The highest BCUT2D eigenvalue weighted by atomic mass is 16.6. The minimum absolute atomic E-state index is 0.181. The largest absolute Gasteiger partial charge is 0.444 e. The van der Waals surface area contributed by atoms with Gasteiger partial charge in [0.25, 0.3) is 5.91 Å². The minimum atomic E-state index is -1.25. The molecule has 2 atom stereocenters. The van der Waals surface area contributed by atoms with Crippen LogP contribution >= 0.6 is 0 Å². The molecule has 0 heterocycles. The van der Waals surface area contributed by atoms with Gasteiger partial charge < -0.3 is 20.5 Å². The predicted molar refractivity (Wildman–Crippen MR) is 75.2 cm³/mol. The van der Waals surface area contributed by atoms with E-state index in [0.717, 1.165) is 19.3 Å². The maximum absolute atomic E-state index is 11.8. The Morgan fingerprint density at radius 2 is 1.95 bits per heavy atom. The molecule has 1 rings (SSSR count). The first kappa shape index (κ1) is 16.8. The van der Waals surface area contributed by atoms with Crippen molar-refractivity contribution in [2.45, 2.75) is 77.2 Å². The number of carbonyl (C=O) groups is 2. The van der Waals surface area contributed by atoms with Crippen molar-refractivity contribution in [3.05, 3.63) is 0 Å². The van der Waals surface area contributed by atoms with Gasteiger partial charge in [-0.2, -0.15) is 0 Å². The van der Waals surface area contributed by atoms with E-state index in [4.69, 9.17) is 4.74 Å². The third kappa shape index (κ3) is 6.23. The lowest BCUT2D eigenvalue weighted by Gasteiger charge is -2.26. The molecule has 6 nitrogen and oxygen atoms in total. The molecule has 0 bridgehead atoms. The Labute approximate surface area is 120 Å². The van der Waals surface area contributed by atoms with Gasteiger partial charge in [-0.3, -0.25) is 4.79 Å². The van der Waals surface area contributed by atoms with Crippen molar-refractivity contribution in [3.63, 3.8) is 0 Å². The number of aliphatic hydroxyl groups excluding tert-OH is 1. The number of hydrogen-bond donors (Lipinski definition) is 3. The van der Waals surface area contributed by atoms with Crippen molar-refractivity contribution < 1.29 is 19.4 Å². The summed E-state index contributed by atoms with van der Waals surface area (Å²) < 4.78 is 5.15. The lowest BCUT2D eigenvalue weighted by Crippen LogP contribution is -2.51. The number of rotatable bonds is 6. The second-order valence-electron chi connectivity index (χ2n) is 6.27. The lowest BCUT2D eigenvalue weighted by molar-refractivity contribution is -0.131. The zero-order chi connectivity index (χ0) is 15.3. The fourth-order valence-corrected chi connectivity index (χ4v) is 1.78. The van der Waals surface area contributed by atoms with Crippen molar-refractivity contribution in [1.82, 2.24) is 10.6 Å². The average molecular weight is 286 g/mol. The van der Waals surface area contributed by atoms with E-state index in [-0.39, 0.29) is 6.04 Å². The molecule has 0 aromatic heterocycles. The van der Waals surface area contributed by atoms with E-state index in [1.807, 2.05) is 6.92 Å². The highest BCUT2D eigenvalue weighted by molar-refractivity contribution is 5.82. The van der Waals surface area contributed by atoms with Crippen molar-refractivity contribution in [1.29, 1.82) is 0 Å². The monoisotopic (exact) mass is 286 g/mol. The van der Waals surface area contributed by atoms with Gasteiger partial charge in [0.1, 0.15) is 5.60 Å². The number of amides is 2. The van der Waals surface area contributed by atoms with E-state index in [0.29, 0.717) is 6.42 Å². The SMILES string of the molecule is CCC[C@@H](NC(=O)OC(C)(C)C)[C@H](O)C(=O)NC1CC1.